The van der Waals surface area contributed by atoms with Crippen LogP contribution in [-0.2, 0) is 4.74 Å². The topological polar surface area (TPSA) is 117 Å². The fourth-order valence-corrected chi connectivity index (χ4v) is 4.00. The van der Waals surface area contributed by atoms with Crippen LogP contribution in [0.15, 0.2) is 24.4 Å². The predicted octanol–water partition coefficient (Wildman–Crippen LogP) is 2.87. The first-order valence-electron chi connectivity index (χ1n) is 9.06. The zero-order chi connectivity index (χ0) is 19.8. The first kappa shape index (κ1) is 18.2. The van der Waals surface area contributed by atoms with E-state index < -0.39 is 17.2 Å². The molecule has 2 aliphatic heterocycles. The summed E-state index contributed by atoms with van der Waals surface area (Å²) in [4.78, 5) is 19.8. The van der Waals surface area contributed by atoms with Crippen molar-refractivity contribution in [2.75, 3.05) is 13.7 Å². The number of methoxy groups -OCH3 is 1. The molecule has 2 aromatic heterocycles. The van der Waals surface area contributed by atoms with E-state index in [0.717, 1.165) is 12.8 Å². The maximum absolute atomic E-state index is 11.1. The van der Waals surface area contributed by atoms with Gasteiger partial charge in [-0.2, -0.15) is 5.26 Å². The highest BCUT2D eigenvalue weighted by molar-refractivity contribution is 5.87. The monoisotopic (exact) mass is 380 g/mol. The SMILES string of the molecule is COc1ccc2ncc(C#N)c(C=CC34CCC(NC(=O)O)(CC3)CO4)c2n1. The molecular weight excluding hydrogens is 360 g/mol. The van der Waals surface area contributed by atoms with E-state index in [1.807, 2.05) is 18.2 Å². The molecule has 8 nitrogen and oxygen atoms in total. The Kier molecular flexibility index (Phi) is 4.40. The third kappa shape index (κ3) is 3.14. The number of rotatable bonds is 4. The second kappa shape index (κ2) is 6.77. The van der Waals surface area contributed by atoms with E-state index in [0.29, 0.717) is 47.5 Å². The second-order valence-electron chi connectivity index (χ2n) is 7.32. The van der Waals surface area contributed by atoms with Crippen molar-refractivity contribution >= 4 is 23.2 Å². The Labute approximate surface area is 161 Å². The Hall–Kier alpha value is -3.18. The van der Waals surface area contributed by atoms with E-state index in [1.165, 1.54) is 6.20 Å². The number of carboxylic acid groups (broad SMARTS) is 1. The molecule has 1 aliphatic carbocycles. The van der Waals surface area contributed by atoms with E-state index >= 15 is 0 Å². The van der Waals surface area contributed by atoms with Crippen molar-refractivity contribution in [3.05, 3.63) is 35.5 Å². The minimum absolute atomic E-state index is 0.345. The first-order valence-corrected chi connectivity index (χ1v) is 9.06. The van der Waals surface area contributed by atoms with Gasteiger partial charge in [-0.25, -0.2) is 9.78 Å². The highest BCUT2D eigenvalue weighted by Gasteiger charge is 2.49. The van der Waals surface area contributed by atoms with Gasteiger partial charge in [-0.15, -0.1) is 0 Å². The molecule has 4 heterocycles. The third-order valence-electron chi connectivity index (χ3n) is 5.67. The molecule has 28 heavy (non-hydrogen) atoms. The lowest BCUT2D eigenvalue weighted by Gasteiger charge is -2.51. The largest absolute Gasteiger partial charge is 0.481 e. The summed E-state index contributed by atoms with van der Waals surface area (Å²) in [6, 6.07) is 5.71. The number of fused-ring (bicyclic) bond motifs is 4. The molecular formula is C20H20N4O4. The molecule has 8 heteroatoms. The fourth-order valence-electron chi connectivity index (χ4n) is 4.00. The summed E-state index contributed by atoms with van der Waals surface area (Å²) in [7, 11) is 1.54. The van der Waals surface area contributed by atoms with Crippen molar-refractivity contribution in [3.63, 3.8) is 0 Å². The van der Waals surface area contributed by atoms with Crippen molar-refractivity contribution in [2.45, 2.75) is 36.8 Å². The molecule has 0 aromatic carbocycles. The number of nitrogens with zero attached hydrogens (tertiary/aromatic N) is 3. The molecule has 0 unspecified atom stereocenters. The van der Waals surface area contributed by atoms with E-state index in [1.54, 1.807) is 13.2 Å². The van der Waals surface area contributed by atoms with Crippen LogP contribution in [0.1, 0.15) is 36.8 Å². The quantitative estimate of drug-likeness (QED) is 0.837. The van der Waals surface area contributed by atoms with Gasteiger partial charge in [0.1, 0.15) is 11.6 Å². The molecule has 2 N–H and O–H groups in total. The molecule has 0 spiro atoms. The average Bonchev–Trinajstić information content (AvgIpc) is 2.72. The fraction of sp³-hybridized carbons (Fsp3) is 0.400. The van der Waals surface area contributed by atoms with Gasteiger partial charge < -0.3 is 19.9 Å². The summed E-state index contributed by atoms with van der Waals surface area (Å²) in [5.74, 6) is 0.452. The van der Waals surface area contributed by atoms with Crippen molar-refractivity contribution < 1.29 is 19.4 Å². The smallest absolute Gasteiger partial charge is 0.405 e. The van der Waals surface area contributed by atoms with Gasteiger partial charge in [0.05, 0.1) is 35.9 Å². The van der Waals surface area contributed by atoms with Crippen LogP contribution >= 0.6 is 0 Å². The Bertz CT molecular complexity index is 987. The molecule has 0 atom stereocenters. The highest BCUT2D eigenvalue weighted by Crippen LogP contribution is 2.44. The van der Waals surface area contributed by atoms with Gasteiger partial charge >= 0.3 is 6.09 Å². The average molecular weight is 380 g/mol. The van der Waals surface area contributed by atoms with Gasteiger partial charge in [-0.3, -0.25) is 4.98 Å². The molecule has 3 fully saturated rings. The van der Waals surface area contributed by atoms with Crippen LogP contribution < -0.4 is 10.1 Å². The second-order valence-corrected chi connectivity index (χ2v) is 7.32. The summed E-state index contributed by atoms with van der Waals surface area (Å²) in [6.07, 6.45) is 7.24. The summed E-state index contributed by atoms with van der Waals surface area (Å²) >= 11 is 0. The van der Waals surface area contributed by atoms with Gasteiger partial charge in [0, 0.05) is 17.8 Å². The van der Waals surface area contributed by atoms with Crippen molar-refractivity contribution in [1.29, 1.82) is 5.26 Å². The van der Waals surface area contributed by atoms with Crippen LogP contribution in [0.2, 0.25) is 0 Å². The van der Waals surface area contributed by atoms with E-state index in [2.05, 4.69) is 21.4 Å². The lowest BCUT2D eigenvalue weighted by molar-refractivity contribution is -0.131. The van der Waals surface area contributed by atoms with Crippen LogP contribution in [0.4, 0.5) is 4.79 Å². The Morgan fingerprint density at radius 3 is 2.79 bits per heavy atom. The number of ether oxygens (including phenoxy) is 2. The van der Waals surface area contributed by atoms with Crippen LogP contribution in [0.5, 0.6) is 5.88 Å². The van der Waals surface area contributed by atoms with Gasteiger partial charge in [-0.1, -0.05) is 12.2 Å². The normalized spacial score (nSPS) is 26.3. The number of nitrogens with one attached hydrogen (secondary N) is 1. The summed E-state index contributed by atoms with van der Waals surface area (Å²) in [6.45, 7) is 0.345. The standard InChI is InChI=1S/C20H20N4O4/c1-27-16-3-2-15-17(23-16)14(13(10-21)11-22-15)4-5-20-8-6-19(7-9-20,12-28-20)24-18(25)26/h2-5,11,24H,6-9,12H2,1H3,(H,25,26). The van der Waals surface area contributed by atoms with Crippen LogP contribution in [0.3, 0.4) is 0 Å². The Balaban J connectivity index is 1.66. The molecule has 2 aromatic rings. The Morgan fingerprint density at radius 1 is 1.39 bits per heavy atom. The van der Waals surface area contributed by atoms with Crippen LogP contribution in [-0.4, -0.2) is 46.0 Å². The van der Waals surface area contributed by atoms with Gasteiger partial charge in [0.15, 0.2) is 0 Å². The number of hydrogen-bond donors (Lipinski definition) is 2. The van der Waals surface area contributed by atoms with Gasteiger partial charge in [-0.05, 0) is 31.7 Å². The molecule has 1 amide bonds. The number of aromatic nitrogens is 2. The van der Waals surface area contributed by atoms with Crippen molar-refractivity contribution in [2.24, 2.45) is 0 Å². The Morgan fingerprint density at radius 2 is 2.18 bits per heavy atom. The molecule has 5 rings (SSSR count). The summed E-state index contributed by atoms with van der Waals surface area (Å²) < 4.78 is 11.3. The number of amides is 1. The van der Waals surface area contributed by atoms with E-state index in [4.69, 9.17) is 14.6 Å². The van der Waals surface area contributed by atoms with Gasteiger partial charge in [0.2, 0.25) is 5.88 Å². The van der Waals surface area contributed by atoms with Gasteiger partial charge in [0.25, 0.3) is 0 Å². The number of pyridine rings is 2. The zero-order valence-corrected chi connectivity index (χ0v) is 15.4. The lowest BCUT2D eigenvalue weighted by Crippen LogP contribution is -2.62. The third-order valence-corrected chi connectivity index (χ3v) is 5.67. The molecule has 2 bridgehead atoms. The summed E-state index contributed by atoms with van der Waals surface area (Å²) in [5, 5.41) is 21.2. The molecule has 3 aliphatic rings. The molecule has 2 saturated heterocycles. The molecule has 144 valence electrons. The van der Waals surface area contributed by atoms with E-state index in [-0.39, 0.29) is 0 Å². The van der Waals surface area contributed by atoms with Crippen LogP contribution in [0, 0.1) is 11.3 Å². The number of carbonyl (C=O) groups is 1. The van der Waals surface area contributed by atoms with E-state index in [9.17, 15) is 10.1 Å². The highest BCUT2D eigenvalue weighted by atomic mass is 16.5. The maximum atomic E-state index is 11.1. The van der Waals surface area contributed by atoms with Crippen LogP contribution in [0.25, 0.3) is 17.1 Å². The van der Waals surface area contributed by atoms with Crippen molar-refractivity contribution in [1.82, 2.24) is 15.3 Å². The predicted molar refractivity (Wildman–Crippen MR) is 101 cm³/mol. The first-order chi connectivity index (χ1) is 13.5. The minimum Gasteiger partial charge on any atom is -0.481 e. The van der Waals surface area contributed by atoms with Crippen molar-refractivity contribution in [3.8, 4) is 11.9 Å². The number of hydrogen-bond acceptors (Lipinski definition) is 6. The maximum Gasteiger partial charge on any atom is 0.405 e. The minimum atomic E-state index is -1.02. The number of nitriles is 1. The molecule has 1 saturated carbocycles. The summed E-state index contributed by atoms with van der Waals surface area (Å²) in [5.41, 5.74) is 1.43. The molecule has 0 radical (unpaired) electrons. The zero-order valence-electron chi connectivity index (χ0n) is 15.4. The lowest BCUT2D eigenvalue weighted by atomic mass is 9.71.